The Labute approximate surface area is 126 Å². The van der Waals surface area contributed by atoms with Crippen LogP contribution in [0.15, 0.2) is 24.3 Å². The molecule has 1 atom stereocenters. The van der Waals surface area contributed by atoms with Gasteiger partial charge in [0, 0.05) is 6.04 Å². The van der Waals surface area contributed by atoms with E-state index in [4.69, 9.17) is 0 Å². The first kappa shape index (κ1) is 17.7. The molecule has 0 saturated carbocycles. The van der Waals surface area contributed by atoms with E-state index in [-0.39, 0.29) is 24.0 Å². The zero-order valence-corrected chi connectivity index (χ0v) is 13.6. The van der Waals surface area contributed by atoms with Crippen molar-refractivity contribution in [1.82, 2.24) is 5.32 Å². The molecule has 5 nitrogen and oxygen atoms in total. The van der Waals surface area contributed by atoms with Gasteiger partial charge in [-0.15, -0.1) is 0 Å². The van der Waals surface area contributed by atoms with Crippen molar-refractivity contribution in [3.63, 3.8) is 0 Å². The summed E-state index contributed by atoms with van der Waals surface area (Å²) in [6.07, 6.45) is -0.106. The van der Waals surface area contributed by atoms with Gasteiger partial charge in [0.15, 0.2) is 9.84 Å². The lowest BCUT2D eigenvalue weighted by molar-refractivity contribution is -0.140. The lowest BCUT2D eigenvalue weighted by atomic mass is 10.1. The Balaban J connectivity index is 2.77. The second-order valence-corrected chi connectivity index (χ2v) is 7.19. The molecule has 0 aliphatic rings. The van der Waals surface area contributed by atoms with Crippen LogP contribution in [0.1, 0.15) is 30.5 Å². The average Bonchev–Trinajstić information content (AvgIpc) is 2.45. The van der Waals surface area contributed by atoms with Crippen molar-refractivity contribution < 1.29 is 17.9 Å². The number of nitrogens with one attached hydrogen (secondary N) is 1. The topological polar surface area (TPSA) is 72.5 Å². The molecule has 0 aliphatic carbocycles. The Morgan fingerprint density at radius 2 is 1.90 bits per heavy atom. The average molecular weight is 313 g/mol. The van der Waals surface area contributed by atoms with E-state index >= 15 is 0 Å². The van der Waals surface area contributed by atoms with Gasteiger partial charge in [0.25, 0.3) is 0 Å². The zero-order chi connectivity index (χ0) is 15.9. The normalized spacial score (nSPS) is 12.9. The molecular formula is C15H23NO4S. The predicted molar refractivity (Wildman–Crippen MR) is 82.9 cm³/mol. The van der Waals surface area contributed by atoms with Crippen LogP contribution in [0.25, 0.3) is 0 Å². The molecule has 0 fully saturated rings. The molecule has 0 bridgehead atoms. The fraction of sp³-hybridized carbons (Fsp3) is 0.533. The van der Waals surface area contributed by atoms with Crippen LogP contribution in [0.3, 0.4) is 0 Å². The van der Waals surface area contributed by atoms with Gasteiger partial charge in [-0.3, -0.25) is 4.79 Å². The molecule has 0 aromatic heterocycles. The maximum atomic E-state index is 12.1. The van der Waals surface area contributed by atoms with Gasteiger partial charge in [0.05, 0.1) is 25.0 Å². The molecule has 6 heteroatoms. The van der Waals surface area contributed by atoms with Gasteiger partial charge >= 0.3 is 5.97 Å². The fourth-order valence-corrected chi connectivity index (χ4v) is 3.46. The molecule has 0 aliphatic heterocycles. The lowest BCUT2D eigenvalue weighted by Gasteiger charge is -2.18. The van der Waals surface area contributed by atoms with Gasteiger partial charge in [0.2, 0.25) is 0 Å². The van der Waals surface area contributed by atoms with Crippen LogP contribution in [0.2, 0.25) is 0 Å². The third kappa shape index (κ3) is 6.27. The minimum absolute atomic E-state index is 0.0269. The molecular weight excluding hydrogens is 290 g/mol. The number of hydrogen-bond acceptors (Lipinski definition) is 5. The van der Waals surface area contributed by atoms with Gasteiger partial charge in [-0.1, -0.05) is 36.8 Å². The molecule has 1 unspecified atom stereocenters. The second-order valence-electron chi connectivity index (χ2n) is 4.96. The van der Waals surface area contributed by atoms with Crippen LogP contribution in [-0.4, -0.2) is 39.5 Å². The Morgan fingerprint density at radius 3 is 2.43 bits per heavy atom. The van der Waals surface area contributed by atoms with Crippen molar-refractivity contribution in [2.75, 3.05) is 25.2 Å². The highest BCUT2D eigenvalue weighted by Gasteiger charge is 2.21. The van der Waals surface area contributed by atoms with E-state index in [9.17, 15) is 13.2 Å². The van der Waals surface area contributed by atoms with E-state index in [1.165, 1.54) is 7.11 Å². The third-order valence-electron chi connectivity index (χ3n) is 3.20. The van der Waals surface area contributed by atoms with Crippen molar-refractivity contribution >= 4 is 15.8 Å². The molecule has 0 heterocycles. The van der Waals surface area contributed by atoms with Crippen LogP contribution >= 0.6 is 0 Å². The van der Waals surface area contributed by atoms with Crippen molar-refractivity contribution in [3.8, 4) is 0 Å². The number of hydrogen-bond donors (Lipinski definition) is 1. The molecule has 0 radical (unpaired) electrons. The lowest BCUT2D eigenvalue weighted by Crippen LogP contribution is -2.29. The standard InChI is InChI=1S/C15H23NO4S/c1-4-16-14(13-7-5-12(2)6-8-13)11-21(18,19)10-9-15(17)20-3/h5-8,14,16H,4,9-11H2,1-3H3. The first-order chi connectivity index (χ1) is 9.88. The molecule has 118 valence electrons. The number of rotatable bonds is 8. The highest BCUT2D eigenvalue weighted by atomic mass is 32.2. The van der Waals surface area contributed by atoms with Gasteiger partial charge in [-0.25, -0.2) is 8.42 Å². The van der Waals surface area contributed by atoms with Crippen molar-refractivity contribution in [1.29, 1.82) is 0 Å². The summed E-state index contributed by atoms with van der Waals surface area (Å²) in [6, 6.07) is 7.51. The van der Waals surface area contributed by atoms with E-state index in [0.29, 0.717) is 6.54 Å². The molecule has 1 N–H and O–H groups in total. The number of aryl methyl sites for hydroxylation is 1. The predicted octanol–water partition coefficient (Wildman–Crippen LogP) is 1.62. The first-order valence-electron chi connectivity index (χ1n) is 6.95. The number of methoxy groups -OCH3 is 1. The highest BCUT2D eigenvalue weighted by Crippen LogP contribution is 2.17. The Kier molecular flexibility index (Phi) is 6.84. The smallest absolute Gasteiger partial charge is 0.306 e. The minimum Gasteiger partial charge on any atom is -0.469 e. The maximum Gasteiger partial charge on any atom is 0.306 e. The monoisotopic (exact) mass is 313 g/mol. The fourth-order valence-electron chi connectivity index (χ4n) is 2.00. The summed E-state index contributed by atoms with van der Waals surface area (Å²) < 4.78 is 28.7. The number of sulfone groups is 1. The Bertz CT molecular complexity index is 552. The quantitative estimate of drug-likeness (QED) is 0.738. The summed E-state index contributed by atoms with van der Waals surface area (Å²) in [5.41, 5.74) is 2.06. The van der Waals surface area contributed by atoms with Crippen molar-refractivity contribution in [2.24, 2.45) is 0 Å². The Morgan fingerprint density at radius 1 is 1.29 bits per heavy atom. The minimum atomic E-state index is -3.33. The van der Waals surface area contributed by atoms with Crippen LogP contribution in [0, 0.1) is 6.92 Å². The van der Waals surface area contributed by atoms with Crippen LogP contribution < -0.4 is 5.32 Å². The molecule has 0 saturated heterocycles. The molecule has 0 spiro atoms. The first-order valence-corrected chi connectivity index (χ1v) is 8.77. The van der Waals surface area contributed by atoms with Crippen molar-refractivity contribution in [2.45, 2.75) is 26.3 Å². The summed E-state index contributed by atoms with van der Waals surface area (Å²) in [4.78, 5) is 11.1. The van der Waals surface area contributed by atoms with Gasteiger partial charge < -0.3 is 10.1 Å². The van der Waals surface area contributed by atoms with Crippen LogP contribution in [-0.2, 0) is 19.4 Å². The number of ether oxygens (including phenoxy) is 1. The number of esters is 1. The molecule has 0 amide bonds. The number of carbonyl (C=O) groups is 1. The van der Waals surface area contributed by atoms with E-state index in [2.05, 4.69) is 10.1 Å². The van der Waals surface area contributed by atoms with Gasteiger partial charge in [-0.2, -0.15) is 0 Å². The molecule has 21 heavy (non-hydrogen) atoms. The molecule has 1 aromatic carbocycles. The SMILES string of the molecule is CCNC(CS(=O)(=O)CCC(=O)OC)c1ccc(C)cc1. The van der Waals surface area contributed by atoms with E-state index in [1.807, 2.05) is 38.1 Å². The largest absolute Gasteiger partial charge is 0.469 e. The van der Waals surface area contributed by atoms with Crippen LogP contribution in [0.5, 0.6) is 0 Å². The summed E-state index contributed by atoms with van der Waals surface area (Å²) in [7, 11) is -2.08. The molecule has 1 aromatic rings. The van der Waals surface area contributed by atoms with E-state index < -0.39 is 15.8 Å². The highest BCUT2D eigenvalue weighted by molar-refractivity contribution is 7.91. The maximum absolute atomic E-state index is 12.1. The van der Waals surface area contributed by atoms with E-state index in [0.717, 1.165) is 11.1 Å². The van der Waals surface area contributed by atoms with E-state index in [1.54, 1.807) is 0 Å². The Hall–Kier alpha value is -1.40. The number of carbonyl (C=O) groups excluding carboxylic acids is 1. The summed E-state index contributed by atoms with van der Waals surface area (Å²) in [6.45, 7) is 4.59. The summed E-state index contributed by atoms with van der Waals surface area (Å²) >= 11 is 0. The third-order valence-corrected chi connectivity index (χ3v) is 4.86. The van der Waals surface area contributed by atoms with Crippen molar-refractivity contribution in [3.05, 3.63) is 35.4 Å². The zero-order valence-electron chi connectivity index (χ0n) is 12.8. The van der Waals surface area contributed by atoms with Gasteiger partial charge in [-0.05, 0) is 19.0 Å². The second kappa shape index (κ2) is 8.14. The molecule has 1 rings (SSSR count). The van der Waals surface area contributed by atoms with Gasteiger partial charge in [0.1, 0.15) is 0 Å². The summed E-state index contributed by atoms with van der Waals surface area (Å²) in [5.74, 6) is -0.720. The number of benzene rings is 1. The van der Waals surface area contributed by atoms with Crippen LogP contribution in [0.4, 0.5) is 0 Å². The summed E-state index contributed by atoms with van der Waals surface area (Å²) in [5, 5.41) is 3.18.